The summed E-state index contributed by atoms with van der Waals surface area (Å²) in [7, 11) is -2.79. The minimum atomic E-state index is -4.83. The van der Waals surface area contributed by atoms with Gasteiger partial charge in [-0.15, -0.1) is 0 Å². The van der Waals surface area contributed by atoms with E-state index in [9.17, 15) is 26.3 Å². The van der Waals surface area contributed by atoms with Crippen LogP contribution in [0.15, 0.2) is 18.2 Å². The lowest BCUT2D eigenvalue weighted by atomic mass is 10.0. The topological polar surface area (TPSA) is 27.7 Å². The summed E-state index contributed by atoms with van der Waals surface area (Å²) in [5.41, 5.74) is -2.54. The molecule has 0 N–H and O–H groups in total. The maximum atomic E-state index is 12.9. The van der Waals surface area contributed by atoms with Gasteiger partial charge in [0, 0.05) is 25.9 Å². The monoisotopic (exact) mass is 446 g/mol. The summed E-state index contributed by atoms with van der Waals surface area (Å²) in [6.07, 6.45) is -7.81. The summed E-state index contributed by atoms with van der Waals surface area (Å²) in [6.45, 7) is 6.84. The average molecular weight is 447 g/mol. The summed E-state index contributed by atoms with van der Waals surface area (Å²) in [5, 5.41) is 0. The molecule has 0 heterocycles. The van der Waals surface area contributed by atoms with Crippen molar-refractivity contribution < 1.29 is 39.6 Å². The Morgan fingerprint density at radius 3 is 1.52 bits per heavy atom. The molecule has 168 valence electrons. The lowest BCUT2D eigenvalue weighted by Crippen LogP contribution is -2.45. The molecule has 0 amide bonds. The van der Waals surface area contributed by atoms with Crippen molar-refractivity contribution in [2.75, 3.05) is 19.8 Å². The van der Waals surface area contributed by atoms with Crippen LogP contribution in [0.2, 0.25) is 6.04 Å². The van der Waals surface area contributed by atoms with Crippen LogP contribution in [-0.2, 0) is 32.1 Å². The third kappa shape index (κ3) is 8.65. The first-order chi connectivity index (χ1) is 13.5. The third-order valence-electron chi connectivity index (χ3n) is 4.19. The molecule has 0 aliphatic heterocycles. The van der Waals surface area contributed by atoms with Crippen LogP contribution < -0.4 is 0 Å². The van der Waals surface area contributed by atoms with E-state index in [-0.39, 0.29) is 18.1 Å². The molecule has 1 aromatic rings. The highest BCUT2D eigenvalue weighted by molar-refractivity contribution is 6.60. The highest BCUT2D eigenvalue weighted by atomic mass is 28.4. The van der Waals surface area contributed by atoms with E-state index < -0.39 is 32.3 Å². The van der Waals surface area contributed by atoms with E-state index in [1.165, 1.54) is 0 Å². The van der Waals surface area contributed by atoms with E-state index in [4.69, 9.17) is 13.3 Å². The highest BCUT2D eigenvalue weighted by Gasteiger charge is 2.39. The summed E-state index contributed by atoms with van der Waals surface area (Å²) < 4.78 is 94.7. The molecule has 0 aliphatic rings. The van der Waals surface area contributed by atoms with Crippen LogP contribution in [0.1, 0.15) is 56.7 Å². The molecular formula is C19H28F6O3Si. The van der Waals surface area contributed by atoms with Gasteiger partial charge < -0.3 is 13.3 Å². The van der Waals surface area contributed by atoms with Gasteiger partial charge in [-0.1, -0.05) is 6.42 Å². The fourth-order valence-corrected chi connectivity index (χ4v) is 5.70. The van der Waals surface area contributed by atoms with Gasteiger partial charge in [0.05, 0.1) is 11.1 Å². The lowest BCUT2D eigenvalue weighted by molar-refractivity contribution is -0.143. The summed E-state index contributed by atoms with van der Waals surface area (Å²) in [4.78, 5) is 0. The lowest BCUT2D eigenvalue weighted by Gasteiger charge is -2.28. The minimum absolute atomic E-state index is 0.0232. The molecule has 0 saturated heterocycles. The average Bonchev–Trinajstić information content (AvgIpc) is 2.60. The first-order valence-electron chi connectivity index (χ1n) is 9.67. The molecule has 10 heteroatoms. The Kier molecular flexibility index (Phi) is 10.1. The first-order valence-corrected chi connectivity index (χ1v) is 11.6. The predicted molar refractivity (Wildman–Crippen MR) is 99.4 cm³/mol. The zero-order valence-electron chi connectivity index (χ0n) is 16.9. The largest absolute Gasteiger partial charge is 0.500 e. The molecule has 1 aromatic carbocycles. The van der Waals surface area contributed by atoms with E-state index in [1.54, 1.807) is 0 Å². The zero-order chi connectivity index (χ0) is 22.1. The second-order valence-electron chi connectivity index (χ2n) is 6.46. The van der Waals surface area contributed by atoms with Gasteiger partial charge in [-0.2, -0.15) is 26.3 Å². The number of hydrogen-bond acceptors (Lipinski definition) is 3. The highest BCUT2D eigenvalue weighted by Crippen LogP contribution is 2.36. The number of benzene rings is 1. The summed E-state index contributed by atoms with van der Waals surface area (Å²) >= 11 is 0. The van der Waals surface area contributed by atoms with Crippen LogP contribution in [0.25, 0.3) is 0 Å². The van der Waals surface area contributed by atoms with Gasteiger partial charge in [0.15, 0.2) is 0 Å². The third-order valence-corrected chi connectivity index (χ3v) is 7.34. The molecule has 0 radical (unpaired) electrons. The summed E-state index contributed by atoms with van der Waals surface area (Å²) in [6, 6.07) is 2.28. The van der Waals surface area contributed by atoms with Crippen LogP contribution in [0.5, 0.6) is 0 Å². The van der Waals surface area contributed by atoms with E-state index in [0.29, 0.717) is 45.1 Å². The van der Waals surface area contributed by atoms with Gasteiger partial charge in [0.1, 0.15) is 0 Å². The van der Waals surface area contributed by atoms with Crippen molar-refractivity contribution in [2.24, 2.45) is 0 Å². The Balaban J connectivity index is 2.73. The molecule has 0 saturated carbocycles. The smallest absolute Gasteiger partial charge is 0.374 e. The van der Waals surface area contributed by atoms with Crippen LogP contribution in [0.3, 0.4) is 0 Å². The second kappa shape index (κ2) is 11.3. The van der Waals surface area contributed by atoms with Gasteiger partial charge in [-0.05, 0) is 63.8 Å². The van der Waals surface area contributed by atoms with Gasteiger partial charge in [-0.25, -0.2) is 0 Å². The van der Waals surface area contributed by atoms with Crippen molar-refractivity contribution >= 4 is 8.80 Å². The predicted octanol–water partition coefficient (Wildman–Crippen LogP) is 6.49. The van der Waals surface area contributed by atoms with Crippen LogP contribution in [0, 0.1) is 0 Å². The normalized spacial score (nSPS) is 13.1. The number of halogens is 6. The quantitative estimate of drug-likeness (QED) is 0.209. The second-order valence-corrected chi connectivity index (χ2v) is 9.19. The standard InChI is InChI=1S/C19H28F6O3Si/c1-4-26-29(27-5-2,28-6-3)11-9-7-8-10-15-12-16(18(20,21)22)14-17(13-15)19(23,24)25/h12-14H,4-11H2,1-3H3. The van der Waals surface area contributed by atoms with Crippen LogP contribution in [-0.4, -0.2) is 28.6 Å². The Labute approximate surface area is 168 Å². The van der Waals surface area contributed by atoms with Crippen molar-refractivity contribution in [3.05, 3.63) is 34.9 Å². The minimum Gasteiger partial charge on any atom is -0.374 e. The van der Waals surface area contributed by atoms with Crippen LogP contribution >= 0.6 is 0 Å². The molecule has 0 atom stereocenters. The van der Waals surface area contributed by atoms with Crippen LogP contribution in [0.4, 0.5) is 26.3 Å². The Morgan fingerprint density at radius 1 is 0.690 bits per heavy atom. The molecule has 0 aliphatic carbocycles. The van der Waals surface area contributed by atoms with E-state index in [1.807, 2.05) is 20.8 Å². The SMILES string of the molecule is CCO[Si](CCCCCc1cc(C(F)(F)F)cc(C(F)(F)F)c1)(OCC)OCC. The number of hydrogen-bond donors (Lipinski definition) is 0. The molecule has 3 nitrogen and oxygen atoms in total. The van der Waals surface area contributed by atoms with E-state index in [0.717, 1.165) is 12.1 Å². The fraction of sp³-hybridized carbons (Fsp3) is 0.684. The molecular weight excluding hydrogens is 418 g/mol. The number of rotatable bonds is 12. The van der Waals surface area contributed by atoms with E-state index in [2.05, 4.69) is 0 Å². The molecule has 29 heavy (non-hydrogen) atoms. The van der Waals surface area contributed by atoms with Gasteiger partial charge in [-0.3, -0.25) is 0 Å². The first kappa shape index (κ1) is 25.9. The summed E-state index contributed by atoms with van der Waals surface area (Å²) in [5.74, 6) is 0. The molecule has 0 aromatic heterocycles. The van der Waals surface area contributed by atoms with Gasteiger partial charge >= 0.3 is 21.2 Å². The Bertz CT molecular complexity index is 570. The van der Waals surface area contributed by atoms with Crippen molar-refractivity contribution in [2.45, 2.75) is 64.9 Å². The van der Waals surface area contributed by atoms with Crippen molar-refractivity contribution in [3.8, 4) is 0 Å². The number of aryl methyl sites for hydroxylation is 1. The molecule has 0 spiro atoms. The molecule has 0 fully saturated rings. The van der Waals surface area contributed by atoms with Crippen molar-refractivity contribution in [1.29, 1.82) is 0 Å². The maximum Gasteiger partial charge on any atom is 0.500 e. The van der Waals surface area contributed by atoms with Crippen molar-refractivity contribution in [3.63, 3.8) is 0 Å². The Hall–Kier alpha value is -1.10. The van der Waals surface area contributed by atoms with Crippen molar-refractivity contribution in [1.82, 2.24) is 0 Å². The number of unbranched alkanes of at least 4 members (excludes halogenated alkanes) is 2. The maximum absolute atomic E-state index is 12.9. The fourth-order valence-electron chi connectivity index (χ4n) is 3.01. The number of alkyl halides is 6. The molecule has 0 bridgehead atoms. The molecule has 1 rings (SSSR count). The molecule has 0 unspecified atom stereocenters. The zero-order valence-corrected chi connectivity index (χ0v) is 17.9. The van der Waals surface area contributed by atoms with Gasteiger partial charge in [0.2, 0.25) is 0 Å². The van der Waals surface area contributed by atoms with Gasteiger partial charge in [0.25, 0.3) is 0 Å². The Morgan fingerprint density at radius 2 is 1.14 bits per heavy atom. The van der Waals surface area contributed by atoms with E-state index >= 15 is 0 Å².